The number of unbranched alkanes of at least 4 members (excludes halogenated alkanes) is 2. The summed E-state index contributed by atoms with van der Waals surface area (Å²) in [6.45, 7) is -0.0318. The number of aliphatic imine (C=N–C) groups is 1. The van der Waals surface area contributed by atoms with E-state index in [-0.39, 0.29) is 51.0 Å². The van der Waals surface area contributed by atoms with Gasteiger partial charge in [-0.3, -0.25) is 33.8 Å². The lowest BCUT2D eigenvalue weighted by Gasteiger charge is -2.26. The fourth-order valence-corrected chi connectivity index (χ4v) is 5.26. The number of aliphatic hydroxyl groups is 1. The van der Waals surface area contributed by atoms with Crippen molar-refractivity contribution in [1.29, 1.82) is 0 Å². The highest BCUT2D eigenvalue weighted by Crippen LogP contribution is 2.08. The Morgan fingerprint density at radius 2 is 1.08 bits per heavy atom. The van der Waals surface area contributed by atoms with E-state index in [1.54, 1.807) is 6.26 Å². The molecular weight excluding hydrogens is 716 g/mol. The van der Waals surface area contributed by atoms with Crippen molar-refractivity contribution in [3.8, 4) is 0 Å². The van der Waals surface area contributed by atoms with Gasteiger partial charge in [0.15, 0.2) is 5.96 Å². The molecular formula is C31H60N12O9S. The predicted molar refractivity (Wildman–Crippen MR) is 199 cm³/mol. The van der Waals surface area contributed by atoms with Crippen LogP contribution in [-0.4, -0.2) is 132 Å². The van der Waals surface area contributed by atoms with E-state index >= 15 is 0 Å². The number of nitrogens with one attached hydrogen (secondary N) is 5. The van der Waals surface area contributed by atoms with Gasteiger partial charge in [-0.05, 0) is 82.9 Å². The molecule has 0 fully saturated rings. The highest BCUT2D eigenvalue weighted by atomic mass is 32.2. The second kappa shape index (κ2) is 28.3. The van der Waals surface area contributed by atoms with Crippen molar-refractivity contribution in [2.45, 2.75) is 107 Å². The molecule has 0 aliphatic rings. The summed E-state index contributed by atoms with van der Waals surface area (Å²) in [5, 5.41) is 31.9. The molecule has 0 radical (unpaired) electrons. The fourth-order valence-electron chi connectivity index (χ4n) is 4.78. The molecule has 0 saturated carbocycles. The normalized spacial score (nSPS) is 14.3. The molecule has 0 aromatic heterocycles. The Morgan fingerprint density at radius 3 is 1.55 bits per heavy atom. The number of nitrogens with zero attached hydrogens (tertiary/aromatic N) is 1. The molecule has 0 aliphatic carbocycles. The van der Waals surface area contributed by atoms with Gasteiger partial charge in [0.1, 0.15) is 30.2 Å². The van der Waals surface area contributed by atoms with Gasteiger partial charge in [0.2, 0.25) is 35.4 Å². The number of carboxylic acids is 1. The number of aliphatic hydroxyl groups excluding tert-OH is 1. The van der Waals surface area contributed by atoms with E-state index in [1.807, 2.05) is 0 Å². The van der Waals surface area contributed by atoms with Crippen LogP contribution in [0.15, 0.2) is 4.99 Å². The van der Waals surface area contributed by atoms with Crippen molar-refractivity contribution in [3.05, 3.63) is 0 Å². The maximum atomic E-state index is 13.6. The molecule has 0 rings (SSSR count). The summed E-state index contributed by atoms with van der Waals surface area (Å²) in [6, 6.07) is -7.65. The largest absolute Gasteiger partial charge is 0.480 e. The number of thioether (sulfide) groups is 1. The molecule has 0 saturated heterocycles. The Labute approximate surface area is 313 Å². The summed E-state index contributed by atoms with van der Waals surface area (Å²) < 4.78 is 0. The maximum Gasteiger partial charge on any atom is 0.326 e. The van der Waals surface area contributed by atoms with Crippen molar-refractivity contribution in [1.82, 2.24) is 26.6 Å². The number of hydrogen-bond acceptors (Lipinski definition) is 13. The van der Waals surface area contributed by atoms with Gasteiger partial charge in [-0.2, -0.15) is 11.8 Å². The Morgan fingerprint density at radius 1 is 0.623 bits per heavy atom. The molecule has 0 aliphatic heterocycles. The first-order valence-electron chi connectivity index (χ1n) is 17.4. The molecule has 0 bridgehead atoms. The number of nitrogens with two attached hydrogens (primary N) is 6. The van der Waals surface area contributed by atoms with Crippen molar-refractivity contribution in [3.63, 3.8) is 0 Å². The lowest BCUT2D eigenvalue weighted by atomic mass is 10.0. The van der Waals surface area contributed by atoms with Crippen LogP contribution in [0, 0.1) is 0 Å². The molecule has 0 heterocycles. The summed E-state index contributed by atoms with van der Waals surface area (Å²) in [5.74, 6) is -5.98. The first kappa shape index (κ1) is 48.8. The first-order valence-corrected chi connectivity index (χ1v) is 18.8. The summed E-state index contributed by atoms with van der Waals surface area (Å²) >= 11 is 1.34. The van der Waals surface area contributed by atoms with Gasteiger partial charge in [-0.1, -0.05) is 6.42 Å². The highest BCUT2D eigenvalue weighted by Gasteiger charge is 2.32. The van der Waals surface area contributed by atoms with E-state index < -0.39 is 84.3 Å². The van der Waals surface area contributed by atoms with Gasteiger partial charge in [0.05, 0.1) is 12.6 Å². The average Bonchev–Trinajstić information content (AvgIpc) is 3.10. The van der Waals surface area contributed by atoms with Crippen LogP contribution in [0.3, 0.4) is 0 Å². The van der Waals surface area contributed by atoms with E-state index in [4.69, 9.17) is 34.4 Å². The van der Waals surface area contributed by atoms with E-state index in [0.29, 0.717) is 50.9 Å². The van der Waals surface area contributed by atoms with Crippen LogP contribution in [0.5, 0.6) is 0 Å². The SMILES string of the molecule is CSCC[C@H](NC(=O)[C@H](CO)NC(=O)[C@H](CCCCN)NC(=O)[C@H](CCCN=C(N)N)NC(=O)[C@@H](N)CCCCN)C(=O)N[C@@H](CCC(N)=O)C(=O)O. The summed E-state index contributed by atoms with van der Waals surface area (Å²) in [4.78, 5) is 93.0. The maximum absolute atomic E-state index is 13.6. The average molecular weight is 777 g/mol. The number of guanidine groups is 1. The van der Waals surface area contributed by atoms with Gasteiger partial charge in [0, 0.05) is 13.0 Å². The zero-order chi connectivity index (χ0) is 40.3. The number of aliphatic carboxylic acids is 1. The van der Waals surface area contributed by atoms with E-state index in [1.165, 1.54) is 11.8 Å². The topological polar surface area (TPSA) is 389 Å². The molecule has 304 valence electrons. The number of primary amides is 1. The lowest BCUT2D eigenvalue weighted by molar-refractivity contribution is -0.142. The van der Waals surface area contributed by atoms with Gasteiger partial charge in [-0.15, -0.1) is 0 Å². The summed E-state index contributed by atoms with van der Waals surface area (Å²) in [5.41, 5.74) is 33.0. The second-order valence-corrected chi connectivity index (χ2v) is 13.2. The van der Waals surface area contributed by atoms with Crippen LogP contribution in [0.2, 0.25) is 0 Å². The Kier molecular flexibility index (Phi) is 26.0. The zero-order valence-electron chi connectivity index (χ0n) is 30.3. The number of hydrogen-bond donors (Lipinski definition) is 13. The molecule has 53 heavy (non-hydrogen) atoms. The quantitative estimate of drug-likeness (QED) is 0.0185. The Hall–Kier alpha value is -4.25. The smallest absolute Gasteiger partial charge is 0.326 e. The van der Waals surface area contributed by atoms with E-state index in [2.05, 4.69) is 31.6 Å². The highest BCUT2D eigenvalue weighted by molar-refractivity contribution is 7.98. The molecule has 21 nitrogen and oxygen atoms in total. The fraction of sp³-hybridized carbons (Fsp3) is 0.742. The third kappa shape index (κ3) is 21.8. The summed E-state index contributed by atoms with van der Waals surface area (Å²) in [7, 11) is 0. The molecule has 0 aromatic rings. The van der Waals surface area contributed by atoms with Crippen molar-refractivity contribution >= 4 is 59.1 Å². The van der Waals surface area contributed by atoms with Gasteiger partial charge >= 0.3 is 5.97 Å². The molecule has 6 amide bonds. The number of carbonyl (C=O) groups is 7. The van der Waals surface area contributed by atoms with Gasteiger partial charge < -0.3 is 71.2 Å². The molecule has 0 aromatic carbocycles. The molecule has 0 unspecified atom stereocenters. The van der Waals surface area contributed by atoms with Crippen LogP contribution in [-0.2, 0) is 33.6 Å². The van der Waals surface area contributed by atoms with Gasteiger partial charge in [0.25, 0.3) is 0 Å². The van der Waals surface area contributed by atoms with Crippen molar-refractivity contribution in [2.75, 3.05) is 38.2 Å². The van der Waals surface area contributed by atoms with Crippen LogP contribution in [0.4, 0.5) is 0 Å². The zero-order valence-corrected chi connectivity index (χ0v) is 31.2. The van der Waals surface area contributed by atoms with Crippen molar-refractivity contribution < 1.29 is 43.8 Å². The first-order chi connectivity index (χ1) is 25.1. The molecule has 19 N–H and O–H groups in total. The van der Waals surface area contributed by atoms with E-state index in [0.717, 1.165) is 0 Å². The van der Waals surface area contributed by atoms with Crippen molar-refractivity contribution in [2.24, 2.45) is 39.4 Å². The molecule has 6 atom stereocenters. The second-order valence-electron chi connectivity index (χ2n) is 12.2. The van der Waals surface area contributed by atoms with E-state index in [9.17, 15) is 43.8 Å². The summed E-state index contributed by atoms with van der Waals surface area (Å²) in [6.07, 6.45) is 4.09. The molecule has 22 heteroatoms. The van der Waals surface area contributed by atoms with Crippen LogP contribution in [0.25, 0.3) is 0 Å². The third-order valence-corrected chi connectivity index (χ3v) is 8.46. The third-order valence-electron chi connectivity index (χ3n) is 7.82. The Bertz CT molecular complexity index is 1210. The van der Waals surface area contributed by atoms with Crippen LogP contribution < -0.4 is 61.0 Å². The van der Waals surface area contributed by atoms with Crippen LogP contribution >= 0.6 is 11.8 Å². The van der Waals surface area contributed by atoms with Crippen LogP contribution in [0.1, 0.15) is 70.6 Å². The Balaban J connectivity index is 6.00. The number of carbonyl (C=O) groups excluding carboxylic acids is 6. The minimum atomic E-state index is -1.59. The minimum absolute atomic E-state index is 0.0533. The molecule has 0 spiro atoms. The predicted octanol–water partition coefficient (Wildman–Crippen LogP) is -4.86. The standard InChI is InChI=1S/C31H60N12O9S/c1-53-16-12-21(28(49)42-22(30(51)52)10-11-24(35)45)41-29(50)23(17-44)43-27(48)19(8-3-5-14-33)40-26(47)20(9-6-15-38-31(36)37)39-25(46)18(34)7-2-4-13-32/h18-23,44H,2-17,32-34H2,1H3,(H2,35,45)(H,39,46)(H,40,47)(H,41,50)(H,42,49)(H,43,48)(H,51,52)(H4,36,37,38)/t18-,19-,20-,21-,22-,23-/m0/s1. The monoisotopic (exact) mass is 776 g/mol. The minimum Gasteiger partial charge on any atom is -0.480 e. The number of amides is 6. The number of rotatable bonds is 30. The van der Waals surface area contributed by atoms with Gasteiger partial charge in [-0.25, -0.2) is 4.79 Å². The lowest BCUT2D eigenvalue weighted by Crippen LogP contribution is -2.60. The number of carboxylic acid groups (broad SMARTS) is 1.